The van der Waals surface area contributed by atoms with Crippen molar-refractivity contribution < 1.29 is 4.79 Å². The van der Waals surface area contributed by atoms with E-state index in [0.717, 1.165) is 24.9 Å². The maximum Gasteiger partial charge on any atom is 0.259 e. The summed E-state index contributed by atoms with van der Waals surface area (Å²) >= 11 is 0. The number of aryl methyl sites for hydroxylation is 1. The average Bonchev–Trinajstić information content (AvgIpc) is 3.25. The van der Waals surface area contributed by atoms with Crippen LogP contribution in [0, 0.1) is 0 Å². The third-order valence-electron chi connectivity index (χ3n) is 4.13. The van der Waals surface area contributed by atoms with E-state index in [1.165, 1.54) is 0 Å². The largest absolute Gasteiger partial charge is 0.331 e. The lowest BCUT2D eigenvalue weighted by molar-refractivity contribution is 0.0737. The first kappa shape index (κ1) is 13.0. The van der Waals surface area contributed by atoms with Gasteiger partial charge < -0.3 is 4.90 Å². The molecule has 3 aromatic heterocycles. The molecule has 0 spiro atoms. The van der Waals surface area contributed by atoms with Crippen LogP contribution in [0.4, 0.5) is 0 Å². The Balaban J connectivity index is 1.69. The SMILES string of the molecule is Cn1cc([C@@H]2CCCN2C(=O)c2cnn3cccnc23)cn1. The molecule has 1 aliphatic heterocycles. The molecule has 1 aliphatic rings. The van der Waals surface area contributed by atoms with Crippen molar-refractivity contribution in [1.29, 1.82) is 0 Å². The lowest BCUT2D eigenvalue weighted by Gasteiger charge is -2.23. The molecule has 1 atom stereocenters. The highest BCUT2D eigenvalue weighted by Gasteiger charge is 2.32. The van der Waals surface area contributed by atoms with Gasteiger partial charge in [0.15, 0.2) is 5.65 Å². The van der Waals surface area contributed by atoms with Gasteiger partial charge in [-0.1, -0.05) is 0 Å². The molecule has 0 bridgehead atoms. The maximum atomic E-state index is 12.9. The molecule has 3 aromatic rings. The van der Waals surface area contributed by atoms with Crippen molar-refractivity contribution in [2.24, 2.45) is 7.05 Å². The van der Waals surface area contributed by atoms with Gasteiger partial charge in [0.25, 0.3) is 5.91 Å². The van der Waals surface area contributed by atoms with E-state index in [1.807, 2.05) is 24.3 Å². The lowest BCUT2D eigenvalue weighted by Crippen LogP contribution is -2.30. The molecule has 7 heteroatoms. The minimum atomic E-state index is -0.0138. The standard InChI is InChI=1S/C15H16N6O/c1-19-10-11(8-17-19)13-4-2-6-20(13)15(22)12-9-18-21-7-3-5-16-14(12)21/h3,5,7-10,13H,2,4,6H2,1H3/t13-/m0/s1. The van der Waals surface area contributed by atoms with E-state index in [2.05, 4.69) is 15.2 Å². The fraction of sp³-hybridized carbons (Fsp3) is 0.333. The number of rotatable bonds is 2. The lowest BCUT2D eigenvalue weighted by atomic mass is 10.1. The Labute approximate surface area is 127 Å². The molecule has 1 saturated heterocycles. The van der Waals surface area contributed by atoms with Crippen LogP contribution < -0.4 is 0 Å². The summed E-state index contributed by atoms with van der Waals surface area (Å²) in [6.45, 7) is 0.753. The number of hydrogen-bond acceptors (Lipinski definition) is 4. The summed E-state index contributed by atoms with van der Waals surface area (Å²) < 4.78 is 3.40. The number of fused-ring (bicyclic) bond motifs is 1. The van der Waals surface area contributed by atoms with Gasteiger partial charge in [0, 0.05) is 37.7 Å². The van der Waals surface area contributed by atoms with Gasteiger partial charge in [-0.3, -0.25) is 9.48 Å². The summed E-state index contributed by atoms with van der Waals surface area (Å²) in [4.78, 5) is 19.1. The summed E-state index contributed by atoms with van der Waals surface area (Å²) in [5.74, 6) is -0.0138. The number of likely N-dealkylation sites (tertiary alicyclic amines) is 1. The minimum Gasteiger partial charge on any atom is -0.331 e. The molecule has 0 saturated carbocycles. The van der Waals surface area contributed by atoms with E-state index in [4.69, 9.17) is 0 Å². The smallest absolute Gasteiger partial charge is 0.259 e. The summed E-state index contributed by atoms with van der Waals surface area (Å²) in [5, 5.41) is 8.42. The van der Waals surface area contributed by atoms with Crippen molar-refractivity contribution in [1.82, 2.24) is 29.3 Å². The van der Waals surface area contributed by atoms with Crippen LogP contribution in [0.25, 0.3) is 5.65 Å². The van der Waals surface area contributed by atoms with Crippen LogP contribution in [0.1, 0.15) is 34.8 Å². The molecule has 112 valence electrons. The zero-order valence-electron chi connectivity index (χ0n) is 12.3. The molecule has 0 unspecified atom stereocenters. The fourth-order valence-corrected chi connectivity index (χ4v) is 3.10. The Morgan fingerprint density at radius 3 is 3.05 bits per heavy atom. The van der Waals surface area contributed by atoms with Crippen molar-refractivity contribution in [3.8, 4) is 0 Å². The van der Waals surface area contributed by atoms with E-state index in [-0.39, 0.29) is 11.9 Å². The molecule has 7 nitrogen and oxygen atoms in total. The number of aromatic nitrogens is 5. The highest BCUT2D eigenvalue weighted by atomic mass is 16.2. The first-order chi connectivity index (χ1) is 10.7. The maximum absolute atomic E-state index is 12.9. The number of hydrogen-bond donors (Lipinski definition) is 0. The summed E-state index contributed by atoms with van der Waals surface area (Å²) in [5.41, 5.74) is 2.23. The second-order valence-electron chi connectivity index (χ2n) is 5.55. The molecular weight excluding hydrogens is 280 g/mol. The molecular formula is C15H16N6O. The van der Waals surface area contributed by atoms with Crippen LogP contribution in [-0.4, -0.2) is 41.7 Å². The van der Waals surface area contributed by atoms with Gasteiger partial charge in [0.1, 0.15) is 5.56 Å². The second kappa shape index (κ2) is 4.94. The predicted octanol–water partition coefficient (Wildman–Crippen LogP) is 1.44. The van der Waals surface area contributed by atoms with Gasteiger partial charge in [0.2, 0.25) is 0 Å². The first-order valence-corrected chi connectivity index (χ1v) is 7.32. The molecule has 0 aliphatic carbocycles. The third kappa shape index (κ3) is 1.97. The van der Waals surface area contributed by atoms with Gasteiger partial charge in [0.05, 0.1) is 18.4 Å². The van der Waals surface area contributed by atoms with Crippen LogP contribution in [0.2, 0.25) is 0 Å². The van der Waals surface area contributed by atoms with Crippen LogP contribution in [0.5, 0.6) is 0 Å². The van der Waals surface area contributed by atoms with E-state index in [9.17, 15) is 4.79 Å². The highest BCUT2D eigenvalue weighted by Crippen LogP contribution is 2.33. The van der Waals surface area contributed by atoms with Gasteiger partial charge in [-0.25, -0.2) is 9.50 Å². The fourth-order valence-electron chi connectivity index (χ4n) is 3.10. The quantitative estimate of drug-likeness (QED) is 0.717. The zero-order chi connectivity index (χ0) is 15.1. The van der Waals surface area contributed by atoms with Crippen LogP contribution in [0.15, 0.2) is 37.1 Å². The van der Waals surface area contributed by atoms with Crippen LogP contribution in [0.3, 0.4) is 0 Å². The van der Waals surface area contributed by atoms with Gasteiger partial charge in [-0.15, -0.1) is 0 Å². The highest BCUT2D eigenvalue weighted by molar-refractivity contribution is 6.00. The van der Waals surface area contributed by atoms with E-state index >= 15 is 0 Å². The molecule has 22 heavy (non-hydrogen) atoms. The number of carbonyl (C=O) groups is 1. The minimum absolute atomic E-state index is 0.0138. The third-order valence-corrected chi connectivity index (χ3v) is 4.13. The van der Waals surface area contributed by atoms with Crippen molar-refractivity contribution >= 4 is 11.6 Å². The van der Waals surface area contributed by atoms with Gasteiger partial charge in [-0.05, 0) is 18.9 Å². The first-order valence-electron chi connectivity index (χ1n) is 7.32. The topological polar surface area (TPSA) is 68.3 Å². The molecule has 1 amide bonds. The second-order valence-corrected chi connectivity index (χ2v) is 5.55. The number of nitrogens with zero attached hydrogens (tertiary/aromatic N) is 6. The van der Waals surface area contributed by atoms with E-state index in [0.29, 0.717) is 11.2 Å². The monoisotopic (exact) mass is 296 g/mol. The Hall–Kier alpha value is -2.70. The van der Waals surface area contributed by atoms with Gasteiger partial charge >= 0.3 is 0 Å². The summed E-state index contributed by atoms with van der Waals surface area (Å²) in [6, 6.07) is 1.88. The Morgan fingerprint density at radius 1 is 1.32 bits per heavy atom. The molecule has 4 heterocycles. The Kier molecular flexibility index (Phi) is 2.92. The number of carbonyl (C=O) groups excluding carboxylic acids is 1. The predicted molar refractivity (Wildman–Crippen MR) is 79.2 cm³/mol. The van der Waals surface area contributed by atoms with Crippen LogP contribution in [-0.2, 0) is 7.05 Å². The van der Waals surface area contributed by atoms with Crippen molar-refractivity contribution in [3.05, 3.63) is 48.2 Å². The van der Waals surface area contributed by atoms with Crippen LogP contribution >= 0.6 is 0 Å². The summed E-state index contributed by atoms with van der Waals surface area (Å²) in [7, 11) is 1.89. The molecule has 1 fully saturated rings. The van der Waals surface area contributed by atoms with E-state index < -0.39 is 0 Å². The van der Waals surface area contributed by atoms with E-state index in [1.54, 1.807) is 33.9 Å². The number of amides is 1. The van der Waals surface area contributed by atoms with Crippen molar-refractivity contribution in [2.75, 3.05) is 6.54 Å². The Morgan fingerprint density at radius 2 is 2.23 bits per heavy atom. The van der Waals surface area contributed by atoms with Crippen molar-refractivity contribution in [3.63, 3.8) is 0 Å². The normalized spacial score (nSPS) is 18.2. The zero-order valence-corrected chi connectivity index (χ0v) is 12.3. The summed E-state index contributed by atoms with van der Waals surface area (Å²) in [6.07, 6.45) is 10.8. The molecule has 4 rings (SSSR count). The van der Waals surface area contributed by atoms with Crippen molar-refractivity contribution in [2.45, 2.75) is 18.9 Å². The Bertz CT molecular complexity index is 835. The molecule has 0 aromatic carbocycles. The van der Waals surface area contributed by atoms with Gasteiger partial charge in [-0.2, -0.15) is 10.2 Å². The molecule has 0 N–H and O–H groups in total. The average molecular weight is 296 g/mol. The molecule has 0 radical (unpaired) electrons.